The van der Waals surface area contributed by atoms with Gasteiger partial charge in [-0.1, -0.05) is 12.1 Å². The number of benzene rings is 3. The number of para-hydroxylation sites is 1. The van der Waals surface area contributed by atoms with Crippen LogP contribution in [0.3, 0.4) is 0 Å². The standard InChI is InChI=1S/C22H16N2O5S/c1-10-7-12(30(27,28)29)8-14-19(10)24-17-9-15-20(11(2)18(17)22(14)26)23-16-6-4-3-5-13(16)21(15)25/h3-9H,1-2H3,(H,23,25)(H,24,26)(H,27,28,29). The third-order valence-corrected chi connectivity index (χ3v) is 6.42. The van der Waals surface area contributed by atoms with E-state index in [2.05, 4.69) is 9.97 Å². The molecule has 3 aromatic carbocycles. The van der Waals surface area contributed by atoms with Crippen molar-refractivity contribution >= 4 is 53.7 Å². The summed E-state index contributed by atoms with van der Waals surface area (Å²) in [5, 5.41) is 1.52. The number of H-pyrrole nitrogens is 2. The molecule has 0 atom stereocenters. The molecule has 0 unspecified atom stereocenters. The third-order valence-electron chi connectivity index (χ3n) is 5.59. The molecular formula is C22H16N2O5S. The molecule has 0 fully saturated rings. The molecule has 0 spiro atoms. The number of aromatic nitrogens is 2. The van der Waals surface area contributed by atoms with E-state index in [1.807, 2.05) is 6.07 Å². The average molecular weight is 420 g/mol. The molecule has 5 rings (SSSR count). The van der Waals surface area contributed by atoms with Crippen molar-refractivity contribution in [2.75, 3.05) is 0 Å². The summed E-state index contributed by atoms with van der Waals surface area (Å²) >= 11 is 0. The minimum absolute atomic E-state index is 0.135. The predicted molar refractivity (Wildman–Crippen MR) is 117 cm³/mol. The molecule has 0 radical (unpaired) electrons. The lowest BCUT2D eigenvalue weighted by Gasteiger charge is -2.12. The smallest absolute Gasteiger partial charge is 0.294 e. The number of hydrogen-bond donors (Lipinski definition) is 3. The first-order valence-corrected chi connectivity index (χ1v) is 10.6. The number of aryl methyl sites for hydroxylation is 2. The van der Waals surface area contributed by atoms with Gasteiger partial charge in [-0.2, -0.15) is 8.42 Å². The molecule has 8 heteroatoms. The SMILES string of the molecule is Cc1cc(S(=O)(=O)O)cc2c(=O)c3c(C)c4[nH]c5ccccc5c(=O)c4cc3[nH]c12. The van der Waals surface area contributed by atoms with Gasteiger partial charge in [0.2, 0.25) is 0 Å². The van der Waals surface area contributed by atoms with Gasteiger partial charge in [0.15, 0.2) is 10.9 Å². The topological polar surface area (TPSA) is 120 Å². The Morgan fingerprint density at radius 3 is 2.20 bits per heavy atom. The van der Waals surface area contributed by atoms with E-state index >= 15 is 0 Å². The second-order valence-electron chi connectivity index (χ2n) is 7.44. The van der Waals surface area contributed by atoms with Crippen molar-refractivity contribution in [2.45, 2.75) is 18.7 Å². The summed E-state index contributed by atoms with van der Waals surface area (Å²) < 4.78 is 32.6. The van der Waals surface area contributed by atoms with Crippen molar-refractivity contribution in [3.05, 3.63) is 74.0 Å². The largest absolute Gasteiger partial charge is 0.354 e. The van der Waals surface area contributed by atoms with Gasteiger partial charge in [-0.3, -0.25) is 14.1 Å². The second kappa shape index (κ2) is 6.01. The van der Waals surface area contributed by atoms with Crippen LogP contribution in [0.1, 0.15) is 11.1 Å². The number of pyridine rings is 2. The van der Waals surface area contributed by atoms with Crippen LogP contribution in [0.5, 0.6) is 0 Å². The highest BCUT2D eigenvalue weighted by Gasteiger charge is 2.18. The number of fused-ring (bicyclic) bond motifs is 4. The molecule has 0 aliphatic heterocycles. The molecule has 0 amide bonds. The molecule has 0 saturated carbocycles. The Balaban J connectivity index is 2.03. The van der Waals surface area contributed by atoms with Crippen molar-refractivity contribution in [3.8, 4) is 0 Å². The maximum atomic E-state index is 13.3. The lowest BCUT2D eigenvalue weighted by molar-refractivity contribution is 0.483. The van der Waals surface area contributed by atoms with Gasteiger partial charge < -0.3 is 9.97 Å². The van der Waals surface area contributed by atoms with E-state index in [4.69, 9.17) is 0 Å². The van der Waals surface area contributed by atoms with Crippen LogP contribution in [-0.2, 0) is 10.1 Å². The van der Waals surface area contributed by atoms with Gasteiger partial charge >= 0.3 is 0 Å². The molecule has 3 N–H and O–H groups in total. The van der Waals surface area contributed by atoms with Crippen molar-refractivity contribution in [1.29, 1.82) is 0 Å². The van der Waals surface area contributed by atoms with Crippen LogP contribution in [0.2, 0.25) is 0 Å². The fourth-order valence-electron chi connectivity index (χ4n) is 4.14. The predicted octanol–water partition coefficient (Wildman–Crippen LogP) is 3.54. The molecule has 2 aromatic heterocycles. The van der Waals surface area contributed by atoms with Gasteiger partial charge in [0.25, 0.3) is 10.1 Å². The van der Waals surface area contributed by atoms with Crippen LogP contribution in [0.25, 0.3) is 43.6 Å². The van der Waals surface area contributed by atoms with Crippen LogP contribution in [0, 0.1) is 13.8 Å². The molecule has 5 aromatic rings. The molecular weight excluding hydrogens is 404 g/mol. The summed E-state index contributed by atoms with van der Waals surface area (Å²) in [4.78, 5) is 32.5. The van der Waals surface area contributed by atoms with E-state index in [1.54, 1.807) is 38.1 Å². The molecule has 0 aliphatic carbocycles. The highest BCUT2D eigenvalue weighted by atomic mass is 32.2. The van der Waals surface area contributed by atoms with E-state index in [0.29, 0.717) is 49.4 Å². The van der Waals surface area contributed by atoms with Gasteiger partial charge in [0.05, 0.1) is 26.8 Å². The first kappa shape index (κ1) is 18.5. The van der Waals surface area contributed by atoms with E-state index < -0.39 is 10.1 Å². The maximum absolute atomic E-state index is 13.3. The molecule has 0 aliphatic rings. The number of rotatable bonds is 1. The van der Waals surface area contributed by atoms with Crippen LogP contribution in [0.4, 0.5) is 0 Å². The van der Waals surface area contributed by atoms with Gasteiger partial charge in [-0.25, -0.2) is 0 Å². The quantitative estimate of drug-likeness (QED) is 0.283. The Kier molecular flexibility index (Phi) is 3.71. The van der Waals surface area contributed by atoms with E-state index in [9.17, 15) is 22.6 Å². The fraction of sp³-hybridized carbons (Fsp3) is 0.0909. The summed E-state index contributed by atoms with van der Waals surface area (Å²) in [6.45, 7) is 3.39. The van der Waals surface area contributed by atoms with Crippen LogP contribution >= 0.6 is 0 Å². The van der Waals surface area contributed by atoms with Gasteiger partial charge in [-0.15, -0.1) is 0 Å². The Labute approximate surface area is 169 Å². The minimum Gasteiger partial charge on any atom is -0.354 e. The van der Waals surface area contributed by atoms with Crippen molar-refractivity contribution in [2.24, 2.45) is 0 Å². The molecule has 2 heterocycles. The zero-order chi connectivity index (χ0) is 21.4. The van der Waals surface area contributed by atoms with Crippen molar-refractivity contribution < 1.29 is 13.0 Å². The summed E-state index contributed by atoms with van der Waals surface area (Å²) in [5.74, 6) is 0. The first-order valence-electron chi connectivity index (χ1n) is 9.19. The maximum Gasteiger partial charge on any atom is 0.294 e. The lowest BCUT2D eigenvalue weighted by Crippen LogP contribution is -2.11. The minimum atomic E-state index is -4.46. The number of aromatic amines is 2. The summed E-state index contributed by atoms with van der Waals surface area (Å²) in [5.41, 5.74) is 2.73. The lowest BCUT2D eigenvalue weighted by atomic mass is 9.99. The Morgan fingerprint density at radius 2 is 1.47 bits per heavy atom. The molecule has 150 valence electrons. The Morgan fingerprint density at radius 1 is 0.800 bits per heavy atom. The van der Waals surface area contributed by atoms with Gasteiger partial charge in [0, 0.05) is 21.7 Å². The zero-order valence-electron chi connectivity index (χ0n) is 16.0. The van der Waals surface area contributed by atoms with E-state index in [1.165, 1.54) is 12.1 Å². The number of hydrogen-bond acceptors (Lipinski definition) is 4. The summed E-state index contributed by atoms with van der Waals surface area (Å²) in [6.07, 6.45) is 0. The number of nitrogens with one attached hydrogen (secondary N) is 2. The van der Waals surface area contributed by atoms with Crippen LogP contribution in [0.15, 0.2) is 56.9 Å². The second-order valence-corrected chi connectivity index (χ2v) is 8.86. The Hall–Kier alpha value is -3.49. The van der Waals surface area contributed by atoms with E-state index in [0.717, 1.165) is 0 Å². The first-order chi connectivity index (χ1) is 14.2. The summed E-state index contributed by atoms with van der Waals surface area (Å²) in [7, 11) is -4.46. The zero-order valence-corrected chi connectivity index (χ0v) is 16.8. The molecule has 7 nitrogen and oxygen atoms in total. The highest BCUT2D eigenvalue weighted by molar-refractivity contribution is 7.85. The molecule has 0 bridgehead atoms. The summed E-state index contributed by atoms with van der Waals surface area (Å²) in [6, 6.07) is 11.3. The average Bonchev–Trinajstić information content (AvgIpc) is 2.69. The van der Waals surface area contributed by atoms with E-state index in [-0.39, 0.29) is 21.1 Å². The van der Waals surface area contributed by atoms with Crippen molar-refractivity contribution in [1.82, 2.24) is 9.97 Å². The van der Waals surface area contributed by atoms with Crippen molar-refractivity contribution in [3.63, 3.8) is 0 Å². The van der Waals surface area contributed by atoms with Crippen LogP contribution in [-0.4, -0.2) is 22.9 Å². The monoisotopic (exact) mass is 420 g/mol. The fourth-order valence-corrected chi connectivity index (χ4v) is 4.73. The highest BCUT2D eigenvalue weighted by Crippen LogP contribution is 2.27. The molecule has 30 heavy (non-hydrogen) atoms. The third kappa shape index (κ3) is 2.51. The normalized spacial score (nSPS) is 12.4. The van der Waals surface area contributed by atoms with Gasteiger partial charge in [-0.05, 0) is 55.3 Å². The Bertz CT molecular complexity index is 1780. The van der Waals surface area contributed by atoms with Gasteiger partial charge in [0.1, 0.15) is 0 Å². The van der Waals surface area contributed by atoms with Crippen LogP contribution < -0.4 is 10.9 Å². The molecule has 0 saturated heterocycles.